The molecular weight excluding hydrogens is 403 g/mol. The first-order valence-electron chi connectivity index (χ1n) is 7.80. The zero-order chi connectivity index (χ0) is 20.2. The molecule has 27 heavy (non-hydrogen) atoms. The van der Waals surface area contributed by atoms with E-state index in [1.807, 2.05) is 0 Å². The highest BCUT2D eigenvalue weighted by Gasteiger charge is 2.22. The van der Waals surface area contributed by atoms with Crippen molar-refractivity contribution in [1.82, 2.24) is 23.6 Å². The molecule has 0 radical (unpaired) electrons. The number of ether oxygens (including phenoxy) is 1. The summed E-state index contributed by atoms with van der Waals surface area (Å²) in [7, 11) is -3.14. The second-order valence-corrected chi connectivity index (χ2v) is 7.81. The minimum absolute atomic E-state index is 0.0564. The second kappa shape index (κ2) is 8.47. The maximum absolute atomic E-state index is 12.3. The Kier molecular flexibility index (Phi) is 6.54. The van der Waals surface area contributed by atoms with Gasteiger partial charge in [0.05, 0.1) is 12.8 Å². The SMILES string of the molecule is CC(C)Oc1nn(C(=O)NS(=O)(=O)/N=c2/sccn2CCCF)c(=O)n1C. The van der Waals surface area contributed by atoms with E-state index in [0.29, 0.717) is 4.68 Å². The number of nitrogens with zero attached hydrogens (tertiary/aromatic N) is 5. The molecule has 2 aromatic heterocycles. The van der Waals surface area contributed by atoms with E-state index in [1.165, 1.54) is 11.6 Å². The Hall–Kier alpha value is -2.48. The number of aryl methyl sites for hydroxylation is 1. The number of alkyl halides is 1. The lowest BCUT2D eigenvalue weighted by atomic mass is 10.5. The van der Waals surface area contributed by atoms with Crippen molar-refractivity contribution in [2.75, 3.05) is 6.67 Å². The molecule has 0 unspecified atom stereocenters. The summed E-state index contributed by atoms with van der Waals surface area (Å²) < 4.78 is 49.7. The largest absolute Gasteiger partial charge is 0.461 e. The maximum atomic E-state index is 12.3. The predicted octanol–water partition coefficient (Wildman–Crippen LogP) is -0.00500. The van der Waals surface area contributed by atoms with E-state index < -0.39 is 28.6 Å². The fourth-order valence-corrected chi connectivity index (χ4v) is 3.66. The quantitative estimate of drug-likeness (QED) is 0.668. The molecule has 0 saturated heterocycles. The Balaban J connectivity index is 2.26. The summed E-state index contributed by atoms with van der Waals surface area (Å²) in [4.78, 5) is 24.2. The molecule has 2 heterocycles. The van der Waals surface area contributed by atoms with E-state index in [0.717, 1.165) is 15.9 Å². The lowest BCUT2D eigenvalue weighted by Gasteiger charge is -2.06. The predicted molar refractivity (Wildman–Crippen MR) is 94.5 cm³/mol. The summed E-state index contributed by atoms with van der Waals surface area (Å²) in [5.74, 6) is 0. The van der Waals surface area contributed by atoms with Crippen LogP contribution in [0.3, 0.4) is 0 Å². The van der Waals surface area contributed by atoms with Gasteiger partial charge in [-0.2, -0.15) is 8.42 Å². The smallest absolute Gasteiger partial charge is 0.361 e. The molecule has 2 rings (SSSR count). The number of hydrogen-bond acceptors (Lipinski definition) is 7. The summed E-state index contributed by atoms with van der Waals surface area (Å²) >= 11 is 1.00. The highest BCUT2D eigenvalue weighted by atomic mass is 32.2. The third-order valence-corrected chi connectivity index (χ3v) is 4.84. The number of rotatable bonds is 7. The number of amides is 1. The molecule has 0 aromatic carbocycles. The first kappa shape index (κ1) is 20.8. The van der Waals surface area contributed by atoms with Crippen molar-refractivity contribution in [2.45, 2.75) is 32.9 Å². The van der Waals surface area contributed by atoms with Crippen molar-refractivity contribution in [3.05, 3.63) is 26.9 Å². The normalized spacial score (nSPS) is 12.6. The Bertz CT molecular complexity index is 1030. The van der Waals surface area contributed by atoms with E-state index >= 15 is 0 Å². The number of aromatic nitrogens is 4. The molecule has 0 saturated carbocycles. The van der Waals surface area contributed by atoms with Gasteiger partial charge in [-0.1, -0.05) is 0 Å². The number of thiazole rings is 1. The molecule has 2 aromatic rings. The molecule has 0 bridgehead atoms. The molecule has 0 aliphatic heterocycles. The van der Waals surface area contributed by atoms with Crippen molar-refractivity contribution in [3.8, 4) is 6.01 Å². The van der Waals surface area contributed by atoms with E-state index in [1.54, 1.807) is 30.1 Å². The molecule has 1 amide bonds. The van der Waals surface area contributed by atoms with Crippen molar-refractivity contribution < 1.29 is 22.3 Å². The van der Waals surface area contributed by atoms with Crippen LogP contribution in [-0.4, -0.2) is 46.1 Å². The number of halogens is 1. The minimum Gasteiger partial charge on any atom is -0.461 e. The molecule has 14 heteroatoms. The van der Waals surface area contributed by atoms with Gasteiger partial charge in [0.25, 0.3) is 0 Å². The van der Waals surface area contributed by atoms with Gasteiger partial charge in [0.1, 0.15) is 0 Å². The van der Waals surface area contributed by atoms with Gasteiger partial charge < -0.3 is 9.30 Å². The lowest BCUT2D eigenvalue weighted by Crippen LogP contribution is -2.40. The third kappa shape index (κ3) is 5.26. The van der Waals surface area contributed by atoms with Crippen LogP contribution < -0.4 is 20.0 Å². The molecular formula is C13H19FN6O5S2. The van der Waals surface area contributed by atoms with Crippen molar-refractivity contribution in [3.63, 3.8) is 0 Å². The van der Waals surface area contributed by atoms with E-state index in [4.69, 9.17) is 4.74 Å². The van der Waals surface area contributed by atoms with Gasteiger partial charge in [0, 0.05) is 25.2 Å². The third-order valence-electron chi connectivity index (χ3n) is 3.08. The van der Waals surface area contributed by atoms with Gasteiger partial charge in [-0.25, -0.2) is 18.9 Å². The second-order valence-electron chi connectivity index (χ2n) is 5.60. The van der Waals surface area contributed by atoms with Gasteiger partial charge >= 0.3 is 27.9 Å². The average molecular weight is 422 g/mol. The number of hydrogen-bond donors (Lipinski definition) is 1. The Morgan fingerprint density at radius 1 is 1.48 bits per heavy atom. The van der Waals surface area contributed by atoms with E-state index in [2.05, 4.69) is 9.50 Å². The fourth-order valence-electron chi connectivity index (χ4n) is 1.91. The van der Waals surface area contributed by atoms with Crippen LogP contribution in [0.15, 0.2) is 20.8 Å². The molecule has 0 spiro atoms. The molecule has 1 N–H and O–H groups in total. The monoisotopic (exact) mass is 422 g/mol. The molecule has 0 aliphatic rings. The van der Waals surface area contributed by atoms with Crippen molar-refractivity contribution in [2.24, 2.45) is 11.4 Å². The first-order valence-corrected chi connectivity index (χ1v) is 10.1. The molecule has 0 aliphatic carbocycles. The van der Waals surface area contributed by atoms with Crippen molar-refractivity contribution in [1.29, 1.82) is 0 Å². The van der Waals surface area contributed by atoms with Gasteiger partial charge in [0.2, 0.25) is 4.80 Å². The maximum Gasteiger partial charge on any atom is 0.361 e. The van der Waals surface area contributed by atoms with Crippen LogP contribution >= 0.6 is 11.3 Å². The standard InChI is InChI=1S/C13H19FN6O5S2/c1-9(2)25-11-15-20(13(22)18(11)3)10(21)16-27(23,24)17-12-19(6-4-5-14)7-8-26-12/h7-9H,4-6H2,1-3H3,(H,16,21)/b17-12+. The topological polar surface area (TPSA) is 130 Å². The average Bonchev–Trinajstić information content (AvgIpc) is 3.10. The number of carbonyl (C=O) groups is 1. The molecule has 0 fully saturated rings. The van der Waals surface area contributed by atoms with Crippen LogP contribution in [0.1, 0.15) is 20.3 Å². The summed E-state index contributed by atoms with van der Waals surface area (Å²) in [6, 6.07) is -1.44. The minimum atomic E-state index is -4.47. The summed E-state index contributed by atoms with van der Waals surface area (Å²) in [5, 5.41) is 5.25. The Labute approximate surface area is 157 Å². The highest BCUT2D eigenvalue weighted by Crippen LogP contribution is 2.04. The number of carbonyl (C=O) groups excluding carboxylic acids is 1. The zero-order valence-electron chi connectivity index (χ0n) is 14.8. The first-order chi connectivity index (χ1) is 12.6. The van der Waals surface area contributed by atoms with Gasteiger partial charge in [-0.05, 0) is 20.3 Å². The Morgan fingerprint density at radius 3 is 2.81 bits per heavy atom. The molecule has 0 atom stereocenters. The zero-order valence-corrected chi connectivity index (χ0v) is 16.5. The van der Waals surface area contributed by atoms with Gasteiger partial charge in [0.15, 0.2) is 0 Å². The molecule has 150 valence electrons. The summed E-state index contributed by atoms with van der Waals surface area (Å²) in [6.45, 7) is 3.07. The van der Waals surface area contributed by atoms with Crippen LogP contribution in [0.2, 0.25) is 0 Å². The molecule has 11 nitrogen and oxygen atoms in total. The van der Waals surface area contributed by atoms with Gasteiger partial charge in [-0.15, -0.1) is 25.5 Å². The summed E-state index contributed by atoms with van der Waals surface area (Å²) in [5.41, 5.74) is -0.882. The van der Waals surface area contributed by atoms with E-state index in [-0.39, 0.29) is 29.9 Å². The van der Waals surface area contributed by atoms with E-state index in [9.17, 15) is 22.4 Å². The van der Waals surface area contributed by atoms with Crippen LogP contribution in [0, 0.1) is 0 Å². The van der Waals surface area contributed by atoms with Crippen LogP contribution in [0.25, 0.3) is 0 Å². The van der Waals surface area contributed by atoms with Crippen LogP contribution in [-0.2, 0) is 23.8 Å². The fraction of sp³-hybridized carbons (Fsp3) is 0.538. The Morgan fingerprint density at radius 2 is 2.19 bits per heavy atom. The number of nitrogens with one attached hydrogen (secondary N) is 1. The van der Waals surface area contributed by atoms with Gasteiger partial charge in [-0.3, -0.25) is 4.39 Å². The highest BCUT2D eigenvalue weighted by molar-refractivity contribution is 7.88. The van der Waals surface area contributed by atoms with Crippen LogP contribution in [0.5, 0.6) is 6.01 Å². The van der Waals surface area contributed by atoms with Crippen LogP contribution in [0.4, 0.5) is 9.18 Å². The summed E-state index contributed by atoms with van der Waals surface area (Å²) in [6.07, 6.45) is 1.44. The lowest BCUT2D eigenvalue weighted by molar-refractivity contribution is 0.211. The van der Waals surface area contributed by atoms with Crippen molar-refractivity contribution >= 4 is 27.6 Å².